The van der Waals surface area contributed by atoms with Gasteiger partial charge >= 0.3 is 7.12 Å². The third-order valence-corrected chi connectivity index (χ3v) is 12.5. The molecule has 0 spiro atoms. The van der Waals surface area contributed by atoms with E-state index in [0.29, 0.717) is 23.8 Å². The van der Waals surface area contributed by atoms with Gasteiger partial charge in [0.25, 0.3) is 5.91 Å². The second kappa shape index (κ2) is 31.9. The number of carbonyl (C=O) groups is 1. The van der Waals surface area contributed by atoms with E-state index >= 15 is 0 Å². The molecule has 0 aliphatic carbocycles. The standard InChI is InChI=1S/C19H14ClFN2O2.C17H21NO.C12H12N2O.C9H12BrNO.C8H11BO2/c20-18-15(2-1-3-16(18)21)19(25)23-11-12-4-6-13(7-5-12)14-8-9-22-17(24)10-14;1-5-13-6-8-14(9-7-13)15-10-11-18-16(12-15)19-17(2,3)4;13-8-9-1-3-10(4-2-9)11-5-6-14-12(15)7-11;1-9(2,3)12-8-6-7(10)4-5-11-8;1-2-7-3-5-8(6-4-7)9(10)11/h1-10H,11H2,(H,22,24)(H,23,25);6-12H,5H2,1-4H3;1-7H,8,13H2,(H,14,15);4-6H,1-3H3;3-6,10-11H,2H2,1H3. The lowest BCUT2D eigenvalue weighted by Crippen LogP contribution is -2.29. The highest BCUT2D eigenvalue weighted by Crippen LogP contribution is 2.26. The number of hydrogen-bond acceptors (Lipinski definition) is 10. The Morgan fingerprint density at radius 2 is 1.05 bits per heavy atom. The molecule has 9 aromatic rings. The van der Waals surface area contributed by atoms with Gasteiger partial charge in [-0.05, 0) is 152 Å². The van der Waals surface area contributed by atoms with Crippen molar-refractivity contribution >= 4 is 46.0 Å². The zero-order chi connectivity index (χ0) is 59.8. The van der Waals surface area contributed by atoms with Crippen molar-refractivity contribution in [2.75, 3.05) is 0 Å². The number of amides is 1. The van der Waals surface area contributed by atoms with E-state index in [1.54, 1.807) is 43.0 Å². The number of carbonyl (C=O) groups excluding carboxylic acids is 1. The third kappa shape index (κ3) is 22.5. The Kier molecular flexibility index (Phi) is 25.2. The van der Waals surface area contributed by atoms with Crippen LogP contribution in [0.1, 0.15) is 88.0 Å². The van der Waals surface area contributed by atoms with E-state index in [-0.39, 0.29) is 39.5 Å². The number of nitrogens with two attached hydrogens (primary N) is 1. The molecule has 7 N–H and O–H groups in total. The molecule has 0 fully saturated rings. The normalized spacial score (nSPS) is 10.7. The minimum absolute atomic E-state index is 0.0876. The summed E-state index contributed by atoms with van der Waals surface area (Å²) in [6.45, 7) is 17.1. The summed E-state index contributed by atoms with van der Waals surface area (Å²) in [5, 5.41) is 20.0. The topological polar surface area (TPSA) is 206 Å². The number of rotatable bonds is 12. The minimum Gasteiger partial charge on any atom is -0.472 e. The first-order valence-electron chi connectivity index (χ1n) is 26.5. The van der Waals surface area contributed by atoms with Gasteiger partial charge in [-0.15, -0.1) is 0 Å². The van der Waals surface area contributed by atoms with Crippen LogP contribution < -0.4 is 37.1 Å². The molecular weight excluding hydrogens is 1120 g/mol. The maximum atomic E-state index is 13.4. The zero-order valence-corrected chi connectivity index (χ0v) is 49.7. The van der Waals surface area contributed by atoms with Crippen LogP contribution in [0.15, 0.2) is 203 Å². The molecule has 0 unspecified atom stereocenters. The van der Waals surface area contributed by atoms with Crippen LogP contribution in [0.3, 0.4) is 0 Å². The molecule has 5 aromatic carbocycles. The van der Waals surface area contributed by atoms with Crippen molar-refractivity contribution < 1.29 is 28.7 Å². The van der Waals surface area contributed by atoms with Crippen molar-refractivity contribution in [3.8, 4) is 45.1 Å². The van der Waals surface area contributed by atoms with E-state index in [1.807, 2.05) is 139 Å². The molecule has 82 heavy (non-hydrogen) atoms. The molecule has 4 aromatic heterocycles. The number of pyridine rings is 4. The number of halogens is 3. The molecule has 0 saturated carbocycles. The van der Waals surface area contributed by atoms with Gasteiger partial charge < -0.3 is 40.5 Å². The number of hydrogen-bond donors (Lipinski definition) is 6. The van der Waals surface area contributed by atoms with Crippen LogP contribution in [-0.2, 0) is 25.9 Å². The van der Waals surface area contributed by atoms with Crippen LogP contribution in [0.5, 0.6) is 11.8 Å². The molecule has 0 bridgehead atoms. The van der Waals surface area contributed by atoms with Gasteiger partial charge in [-0.1, -0.05) is 145 Å². The molecule has 426 valence electrons. The SMILES string of the molecule is CC(C)(C)Oc1cc(Br)ccn1.CCc1ccc(-c2ccnc(OC(C)(C)C)c2)cc1.CCc1ccc(B(O)O)cc1.NCc1ccc(-c2cc[nH]c(=O)c2)cc1.O=C(NCc1ccc(-c2cc[nH]c(=O)c2)cc1)c1cccc(F)c1Cl. The van der Waals surface area contributed by atoms with Crippen LogP contribution in [0.25, 0.3) is 33.4 Å². The first kappa shape index (κ1) is 64.8. The number of aromatic nitrogens is 4. The lowest BCUT2D eigenvalue weighted by molar-refractivity contribution is 0.0950. The Balaban J connectivity index is 0.000000194. The van der Waals surface area contributed by atoms with Gasteiger partial charge in [-0.2, -0.15) is 0 Å². The number of benzene rings is 5. The first-order valence-corrected chi connectivity index (χ1v) is 27.7. The van der Waals surface area contributed by atoms with Crippen molar-refractivity contribution in [1.29, 1.82) is 0 Å². The van der Waals surface area contributed by atoms with Crippen LogP contribution >= 0.6 is 27.5 Å². The average molecular weight is 1190 g/mol. The average Bonchev–Trinajstić information content (AvgIpc) is 3.56. The summed E-state index contributed by atoms with van der Waals surface area (Å²) in [7, 11) is -1.35. The summed E-state index contributed by atoms with van der Waals surface area (Å²) in [5.74, 6) is 0.251. The predicted octanol–water partition coefficient (Wildman–Crippen LogP) is 12.7. The van der Waals surface area contributed by atoms with Gasteiger partial charge in [-0.25, -0.2) is 14.4 Å². The minimum atomic E-state index is -1.35. The maximum Gasteiger partial charge on any atom is 0.488 e. The Hall–Kier alpha value is -7.99. The Morgan fingerprint density at radius 3 is 1.49 bits per heavy atom. The molecule has 0 saturated heterocycles. The molecule has 0 aliphatic heterocycles. The fourth-order valence-corrected chi connectivity index (χ4v) is 7.95. The Labute approximate surface area is 493 Å². The lowest BCUT2D eigenvalue weighted by Gasteiger charge is -2.20. The zero-order valence-electron chi connectivity index (χ0n) is 47.3. The summed E-state index contributed by atoms with van der Waals surface area (Å²) in [6, 6.07) is 49.8. The number of aryl methyl sites for hydroxylation is 2. The molecule has 4 heterocycles. The van der Waals surface area contributed by atoms with E-state index in [1.165, 1.54) is 41.0 Å². The van der Waals surface area contributed by atoms with E-state index < -0.39 is 18.8 Å². The predicted molar refractivity (Wildman–Crippen MR) is 333 cm³/mol. The van der Waals surface area contributed by atoms with Gasteiger partial charge in [0.15, 0.2) is 0 Å². The van der Waals surface area contributed by atoms with E-state index in [0.717, 1.165) is 56.3 Å². The quantitative estimate of drug-likeness (QED) is 0.0638. The van der Waals surface area contributed by atoms with Gasteiger partial charge in [0.1, 0.15) is 17.0 Å². The van der Waals surface area contributed by atoms with Gasteiger partial charge in [0.2, 0.25) is 22.9 Å². The smallest absolute Gasteiger partial charge is 0.472 e. The second-order valence-corrected chi connectivity index (χ2v) is 21.7. The first-order chi connectivity index (χ1) is 39.0. The van der Waals surface area contributed by atoms with Crippen LogP contribution in [0, 0.1) is 5.82 Å². The van der Waals surface area contributed by atoms with E-state index in [9.17, 15) is 18.8 Å². The second-order valence-electron chi connectivity index (χ2n) is 20.4. The van der Waals surface area contributed by atoms with E-state index in [2.05, 4.69) is 79.3 Å². The van der Waals surface area contributed by atoms with Crippen molar-refractivity contribution in [2.24, 2.45) is 5.73 Å². The summed E-state index contributed by atoms with van der Waals surface area (Å²) < 4.78 is 25.7. The molecule has 13 nitrogen and oxygen atoms in total. The van der Waals surface area contributed by atoms with Gasteiger partial charge in [-0.3, -0.25) is 14.4 Å². The molecule has 17 heteroatoms. The summed E-state index contributed by atoms with van der Waals surface area (Å²) in [5.41, 5.74) is 16.0. The molecule has 9 rings (SSSR count). The third-order valence-electron chi connectivity index (χ3n) is 11.6. The highest BCUT2D eigenvalue weighted by atomic mass is 79.9. The lowest BCUT2D eigenvalue weighted by atomic mass is 9.80. The number of nitrogens with one attached hydrogen (secondary N) is 3. The van der Waals surface area contributed by atoms with E-state index in [4.69, 9.17) is 36.9 Å². The fraction of sp³-hybridized carbons (Fsp3) is 0.215. The van der Waals surface area contributed by atoms with Crippen molar-refractivity contribution in [3.05, 3.63) is 252 Å². The van der Waals surface area contributed by atoms with Gasteiger partial charge in [0.05, 0.1) is 10.6 Å². The Bertz CT molecular complexity index is 3540. The highest BCUT2D eigenvalue weighted by molar-refractivity contribution is 9.10. The molecule has 0 atom stereocenters. The number of ether oxygens (including phenoxy) is 2. The number of nitrogens with zero attached hydrogens (tertiary/aromatic N) is 2. The largest absolute Gasteiger partial charge is 0.488 e. The van der Waals surface area contributed by atoms with Crippen molar-refractivity contribution in [3.63, 3.8) is 0 Å². The van der Waals surface area contributed by atoms with Crippen LogP contribution in [0.2, 0.25) is 5.02 Å². The highest BCUT2D eigenvalue weighted by Gasteiger charge is 2.16. The molecular formula is C65H70BBrClFN6O7. The maximum absolute atomic E-state index is 13.4. The molecule has 1 amide bonds. The van der Waals surface area contributed by atoms with Crippen molar-refractivity contribution in [1.82, 2.24) is 25.3 Å². The molecule has 0 aliphatic rings. The van der Waals surface area contributed by atoms with Gasteiger partial charge in [0, 0.05) is 66.6 Å². The number of H-pyrrole nitrogens is 2. The van der Waals surface area contributed by atoms with Crippen molar-refractivity contribution in [2.45, 2.75) is 92.5 Å². The summed E-state index contributed by atoms with van der Waals surface area (Å²) >= 11 is 9.16. The summed E-state index contributed by atoms with van der Waals surface area (Å²) in [4.78, 5) is 48.1. The van der Waals surface area contributed by atoms with Crippen LogP contribution in [-0.4, -0.2) is 54.2 Å². The Morgan fingerprint density at radius 1 is 0.610 bits per heavy atom. The monoisotopic (exact) mass is 1190 g/mol. The number of aromatic amines is 2. The molecule has 0 radical (unpaired) electrons. The fourth-order valence-electron chi connectivity index (χ4n) is 7.43. The van der Waals surface area contributed by atoms with Crippen LogP contribution in [0.4, 0.5) is 4.39 Å². The summed E-state index contributed by atoms with van der Waals surface area (Å²) in [6.07, 6.45) is 8.79.